The largest absolute Gasteiger partial charge is 0.490 e. The molecule has 0 radical (unpaired) electrons. The predicted octanol–water partition coefficient (Wildman–Crippen LogP) is 0.995. The highest BCUT2D eigenvalue weighted by Gasteiger charge is 2.24. The van der Waals surface area contributed by atoms with E-state index in [1.807, 2.05) is 6.92 Å². The molecule has 0 bridgehead atoms. The zero-order valence-corrected chi connectivity index (χ0v) is 13.4. The highest BCUT2D eigenvalue weighted by atomic mass is 16.6. The van der Waals surface area contributed by atoms with Crippen molar-refractivity contribution in [1.82, 2.24) is 10.6 Å². The molecule has 0 spiro atoms. The highest BCUT2D eigenvalue weighted by molar-refractivity contribution is 5.95. The number of ether oxygens (including phenoxy) is 3. The number of hydrogen-bond acceptors (Lipinski definition) is 6. The van der Waals surface area contributed by atoms with Gasteiger partial charge in [0.25, 0.3) is 5.91 Å². The zero-order valence-electron chi connectivity index (χ0n) is 13.4. The van der Waals surface area contributed by atoms with E-state index in [4.69, 9.17) is 14.2 Å². The number of hydrogen-bond donors (Lipinski definition) is 2. The van der Waals surface area contributed by atoms with Crippen LogP contribution in [0, 0.1) is 0 Å². The van der Waals surface area contributed by atoms with E-state index in [0.29, 0.717) is 18.1 Å². The molecule has 24 heavy (non-hydrogen) atoms. The van der Waals surface area contributed by atoms with Crippen molar-refractivity contribution in [3.8, 4) is 11.5 Å². The van der Waals surface area contributed by atoms with Crippen LogP contribution in [-0.4, -0.2) is 43.8 Å². The third-order valence-electron chi connectivity index (χ3n) is 3.02. The third kappa shape index (κ3) is 6.15. The van der Waals surface area contributed by atoms with Crippen LogP contribution in [0.15, 0.2) is 24.3 Å². The van der Waals surface area contributed by atoms with E-state index in [-0.39, 0.29) is 12.6 Å². The lowest BCUT2D eigenvalue weighted by molar-refractivity contribution is -0.150. The van der Waals surface area contributed by atoms with E-state index < -0.39 is 24.5 Å². The molecule has 0 aliphatic heterocycles. The summed E-state index contributed by atoms with van der Waals surface area (Å²) in [5.41, 5.74) is 0. The number of imide groups is 1. The predicted molar refractivity (Wildman–Crippen MR) is 83.8 cm³/mol. The van der Waals surface area contributed by atoms with E-state index in [9.17, 15) is 14.4 Å². The summed E-state index contributed by atoms with van der Waals surface area (Å²) < 4.78 is 15.4. The Morgan fingerprint density at radius 3 is 2.38 bits per heavy atom. The SMILES string of the molecule is CCOc1ccccc1OCC(=O)OCC(=O)NC(=O)NC1CC1. The van der Waals surface area contributed by atoms with Crippen LogP contribution in [0.5, 0.6) is 11.5 Å². The van der Waals surface area contributed by atoms with Gasteiger partial charge in [0.05, 0.1) is 6.61 Å². The van der Waals surface area contributed by atoms with Gasteiger partial charge in [0.2, 0.25) is 0 Å². The van der Waals surface area contributed by atoms with Crippen LogP contribution in [0.4, 0.5) is 4.79 Å². The van der Waals surface area contributed by atoms with Crippen LogP contribution in [0.1, 0.15) is 19.8 Å². The Hall–Kier alpha value is -2.77. The van der Waals surface area contributed by atoms with Crippen molar-refractivity contribution in [2.75, 3.05) is 19.8 Å². The van der Waals surface area contributed by atoms with Gasteiger partial charge >= 0.3 is 12.0 Å². The normalized spacial score (nSPS) is 12.9. The maximum Gasteiger partial charge on any atom is 0.344 e. The summed E-state index contributed by atoms with van der Waals surface area (Å²) in [6.07, 6.45) is 1.83. The maximum atomic E-state index is 11.6. The van der Waals surface area contributed by atoms with Crippen LogP contribution in [0.3, 0.4) is 0 Å². The molecular formula is C16H20N2O6. The Balaban J connectivity index is 1.67. The molecule has 1 saturated carbocycles. The zero-order chi connectivity index (χ0) is 17.4. The second-order valence-electron chi connectivity index (χ2n) is 5.13. The summed E-state index contributed by atoms with van der Waals surface area (Å²) in [6, 6.07) is 6.46. The van der Waals surface area contributed by atoms with Crippen molar-refractivity contribution in [1.29, 1.82) is 0 Å². The lowest BCUT2D eigenvalue weighted by Crippen LogP contribution is -2.42. The van der Waals surface area contributed by atoms with Crippen molar-refractivity contribution < 1.29 is 28.6 Å². The van der Waals surface area contributed by atoms with Gasteiger partial charge in [0, 0.05) is 6.04 Å². The van der Waals surface area contributed by atoms with Crippen LogP contribution in [-0.2, 0) is 14.3 Å². The summed E-state index contributed by atoms with van der Waals surface area (Å²) in [6.45, 7) is 1.38. The summed E-state index contributed by atoms with van der Waals surface area (Å²) in [4.78, 5) is 34.4. The number of amides is 3. The molecule has 1 aromatic rings. The molecule has 1 aliphatic carbocycles. The molecular weight excluding hydrogens is 316 g/mol. The van der Waals surface area contributed by atoms with Crippen molar-refractivity contribution in [2.24, 2.45) is 0 Å². The van der Waals surface area contributed by atoms with Gasteiger partial charge in [-0.05, 0) is 31.9 Å². The van der Waals surface area contributed by atoms with E-state index in [0.717, 1.165) is 12.8 Å². The van der Waals surface area contributed by atoms with E-state index in [1.54, 1.807) is 24.3 Å². The smallest absolute Gasteiger partial charge is 0.344 e. The fourth-order valence-electron chi connectivity index (χ4n) is 1.78. The molecule has 0 unspecified atom stereocenters. The Morgan fingerprint density at radius 2 is 1.75 bits per heavy atom. The maximum absolute atomic E-state index is 11.6. The summed E-state index contributed by atoms with van der Waals surface area (Å²) in [5.74, 6) is -0.498. The molecule has 1 fully saturated rings. The van der Waals surface area contributed by atoms with Crippen molar-refractivity contribution in [3.63, 3.8) is 0 Å². The fourth-order valence-corrected chi connectivity index (χ4v) is 1.78. The van der Waals surface area contributed by atoms with Gasteiger partial charge in [-0.3, -0.25) is 10.1 Å². The molecule has 3 amide bonds. The fraction of sp³-hybridized carbons (Fsp3) is 0.438. The molecule has 8 heteroatoms. The monoisotopic (exact) mass is 336 g/mol. The Morgan fingerprint density at radius 1 is 1.08 bits per heavy atom. The molecule has 2 rings (SSSR count). The molecule has 8 nitrogen and oxygen atoms in total. The molecule has 0 heterocycles. The second kappa shape index (κ2) is 8.76. The lowest BCUT2D eigenvalue weighted by atomic mass is 10.3. The highest BCUT2D eigenvalue weighted by Crippen LogP contribution is 2.26. The summed E-state index contributed by atoms with van der Waals surface area (Å²) in [5, 5.41) is 4.67. The van der Waals surface area contributed by atoms with E-state index in [2.05, 4.69) is 10.6 Å². The van der Waals surface area contributed by atoms with Crippen LogP contribution < -0.4 is 20.1 Å². The molecule has 1 aromatic carbocycles. The van der Waals surface area contributed by atoms with E-state index >= 15 is 0 Å². The lowest BCUT2D eigenvalue weighted by Gasteiger charge is -2.11. The first-order valence-corrected chi connectivity index (χ1v) is 7.69. The number of benzene rings is 1. The minimum atomic E-state index is -0.723. The molecule has 0 aromatic heterocycles. The number of rotatable bonds is 8. The Labute approximate surface area is 139 Å². The second-order valence-corrected chi connectivity index (χ2v) is 5.13. The number of esters is 1. The number of urea groups is 1. The van der Waals surface area contributed by atoms with Gasteiger partial charge in [0.15, 0.2) is 24.7 Å². The average molecular weight is 336 g/mol. The van der Waals surface area contributed by atoms with Gasteiger partial charge in [-0.25, -0.2) is 9.59 Å². The minimum Gasteiger partial charge on any atom is -0.490 e. The van der Waals surface area contributed by atoms with Gasteiger partial charge in [-0.1, -0.05) is 12.1 Å². The van der Waals surface area contributed by atoms with Crippen molar-refractivity contribution in [3.05, 3.63) is 24.3 Å². The molecule has 0 saturated heterocycles. The minimum absolute atomic E-state index is 0.138. The third-order valence-corrected chi connectivity index (χ3v) is 3.02. The molecule has 1 aliphatic rings. The first-order valence-electron chi connectivity index (χ1n) is 7.69. The number of carbonyl (C=O) groups is 3. The van der Waals surface area contributed by atoms with Gasteiger partial charge < -0.3 is 19.5 Å². The first kappa shape index (κ1) is 17.6. The van der Waals surface area contributed by atoms with Crippen molar-refractivity contribution in [2.45, 2.75) is 25.8 Å². The standard InChI is InChI=1S/C16H20N2O6/c1-2-22-12-5-3-4-6-13(12)23-10-15(20)24-9-14(19)18-16(21)17-11-7-8-11/h3-6,11H,2,7-10H2,1H3,(H2,17,18,19,21). The van der Waals surface area contributed by atoms with Gasteiger partial charge in [-0.15, -0.1) is 0 Å². The van der Waals surface area contributed by atoms with E-state index in [1.165, 1.54) is 0 Å². The van der Waals surface area contributed by atoms with Crippen LogP contribution in [0.2, 0.25) is 0 Å². The van der Waals surface area contributed by atoms with Crippen molar-refractivity contribution >= 4 is 17.9 Å². The number of para-hydroxylation sites is 2. The van der Waals surface area contributed by atoms with Gasteiger partial charge in [0.1, 0.15) is 0 Å². The Bertz CT molecular complexity index is 600. The Kier molecular flexibility index (Phi) is 6.41. The van der Waals surface area contributed by atoms with Gasteiger partial charge in [-0.2, -0.15) is 0 Å². The first-order chi connectivity index (χ1) is 11.6. The topological polar surface area (TPSA) is 103 Å². The number of nitrogens with one attached hydrogen (secondary N) is 2. The number of carbonyl (C=O) groups excluding carboxylic acids is 3. The molecule has 130 valence electrons. The molecule has 2 N–H and O–H groups in total. The quantitative estimate of drug-likeness (QED) is 0.687. The van der Waals surface area contributed by atoms with Crippen LogP contribution >= 0.6 is 0 Å². The molecule has 0 atom stereocenters. The summed E-state index contributed by atoms with van der Waals surface area (Å²) >= 11 is 0. The van der Waals surface area contributed by atoms with Crippen LogP contribution in [0.25, 0.3) is 0 Å². The average Bonchev–Trinajstić information content (AvgIpc) is 3.36. The summed E-state index contributed by atoms with van der Waals surface area (Å²) in [7, 11) is 0.